The van der Waals surface area contributed by atoms with Crippen LogP contribution in [-0.2, 0) is 14.1 Å². The monoisotopic (exact) mass is 363 g/mol. The lowest BCUT2D eigenvalue weighted by molar-refractivity contribution is -0.127. The lowest BCUT2D eigenvalue weighted by Gasteiger charge is -2.32. The van der Waals surface area contributed by atoms with Crippen LogP contribution in [0.15, 0.2) is 17.6 Å². The number of hydrogen-bond acceptors (Lipinski definition) is 6. The van der Waals surface area contributed by atoms with Crippen LogP contribution < -0.4 is 5.46 Å². The maximum Gasteiger partial charge on any atom is 0.498 e. The number of carbonyl (C=O) groups excluding carboxylic acids is 1. The van der Waals surface area contributed by atoms with Gasteiger partial charge in [0.05, 0.1) is 11.2 Å². The van der Waals surface area contributed by atoms with Crippen LogP contribution in [0.5, 0.6) is 0 Å². The Labute approximate surface area is 154 Å². The fourth-order valence-corrected chi connectivity index (χ4v) is 3.86. The van der Waals surface area contributed by atoms with Crippen molar-refractivity contribution in [2.24, 2.45) is 5.92 Å². The molecule has 8 heteroatoms. The van der Waals surface area contributed by atoms with Gasteiger partial charge < -0.3 is 14.2 Å². The molecule has 2 saturated heterocycles. The summed E-state index contributed by atoms with van der Waals surface area (Å²) < 4.78 is 12.0. The fourth-order valence-electron chi connectivity index (χ4n) is 2.95. The zero-order valence-electron chi connectivity index (χ0n) is 15.6. The fraction of sp³-hybridized carbons (Fsp3) is 0.706. The second-order valence-electron chi connectivity index (χ2n) is 7.82. The molecule has 0 bridgehead atoms. The molecular formula is C17H26BN3O3S. The van der Waals surface area contributed by atoms with Gasteiger partial charge >= 0.3 is 7.12 Å². The van der Waals surface area contributed by atoms with Gasteiger partial charge in [-0.05, 0) is 40.0 Å². The molecular weight excluding hydrogens is 337 g/mol. The van der Waals surface area contributed by atoms with Crippen molar-refractivity contribution in [1.82, 2.24) is 14.9 Å². The van der Waals surface area contributed by atoms with E-state index in [0.717, 1.165) is 35.9 Å². The van der Waals surface area contributed by atoms with Gasteiger partial charge in [-0.15, -0.1) is 0 Å². The van der Waals surface area contributed by atoms with E-state index in [-0.39, 0.29) is 17.1 Å². The van der Waals surface area contributed by atoms with Gasteiger partial charge in [0.1, 0.15) is 0 Å². The van der Waals surface area contributed by atoms with Gasteiger partial charge in [-0.25, -0.2) is 9.97 Å². The molecule has 136 valence electrons. The number of likely N-dealkylation sites (tertiary alicyclic amines) is 1. The summed E-state index contributed by atoms with van der Waals surface area (Å²) in [5, 5.41) is 0.751. The van der Waals surface area contributed by atoms with Crippen LogP contribution in [0.3, 0.4) is 0 Å². The van der Waals surface area contributed by atoms with Crippen molar-refractivity contribution in [2.75, 3.05) is 18.8 Å². The zero-order chi connectivity index (χ0) is 18.2. The minimum atomic E-state index is -0.428. The first-order valence-electron chi connectivity index (χ1n) is 8.74. The summed E-state index contributed by atoms with van der Waals surface area (Å²) in [6, 6.07) is 0. The molecule has 0 radical (unpaired) electrons. The maximum absolute atomic E-state index is 11.4. The Bertz CT molecular complexity index is 623. The molecule has 3 rings (SSSR count). The van der Waals surface area contributed by atoms with E-state index in [4.69, 9.17) is 9.31 Å². The number of hydrogen-bond donors (Lipinski definition) is 0. The Morgan fingerprint density at radius 2 is 1.88 bits per heavy atom. The number of nitrogens with zero attached hydrogens (tertiary/aromatic N) is 3. The molecule has 3 heterocycles. The smallest absolute Gasteiger partial charge is 0.399 e. The van der Waals surface area contributed by atoms with Crippen LogP contribution in [0, 0.1) is 5.92 Å². The Balaban J connectivity index is 1.54. The van der Waals surface area contributed by atoms with E-state index in [2.05, 4.69) is 9.97 Å². The molecule has 0 unspecified atom stereocenters. The van der Waals surface area contributed by atoms with Gasteiger partial charge in [0.2, 0.25) is 5.91 Å². The largest absolute Gasteiger partial charge is 0.498 e. The van der Waals surface area contributed by atoms with E-state index >= 15 is 0 Å². The van der Waals surface area contributed by atoms with Gasteiger partial charge in [-0.1, -0.05) is 11.8 Å². The van der Waals surface area contributed by atoms with Gasteiger partial charge in [-0.3, -0.25) is 4.79 Å². The highest BCUT2D eigenvalue weighted by Crippen LogP contribution is 2.36. The Kier molecular flexibility index (Phi) is 5.15. The number of rotatable bonds is 4. The van der Waals surface area contributed by atoms with E-state index in [0.29, 0.717) is 5.92 Å². The van der Waals surface area contributed by atoms with Crippen molar-refractivity contribution >= 4 is 30.3 Å². The Morgan fingerprint density at radius 1 is 1.28 bits per heavy atom. The van der Waals surface area contributed by atoms with E-state index < -0.39 is 7.12 Å². The lowest BCUT2D eigenvalue weighted by atomic mass is 9.81. The van der Waals surface area contributed by atoms with Crippen LogP contribution >= 0.6 is 11.8 Å². The van der Waals surface area contributed by atoms with Gasteiger partial charge in [-0.2, -0.15) is 0 Å². The van der Waals surface area contributed by atoms with Crippen molar-refractivity contribution in [3.05, 3.63) is 12.4 Å². The number of thioether (sulfide) groups is 1. The van der Waals surface area contributed by atoms with Crippen molar-refractivity contribution < 1.29 is 14.1 Å². The van der Waals surface area contributed by atoms with Crippen LogP contribution in [-0.4, -0.2) is 57.9 Å². The van der Waals surface area contributed by atoms with E-state index in [1.807, 2.05) is 32.6 Å². The quantitative estimate of drug-likeness (QED) is 0.461. The molecule has 2 aliphatic rings. The lowest BCUT2D eigenvalue weighted by Crippen LogP contribution is -2.41. The molecule has 1 aromatic rings. The van der Waals surface area contributed by atoms with Gasteiger partial charge in [0.25, 0.3) is 0 Å². The van der Waals surface area contributed by atoms with Gasteiger partial charge in [0, 0.05) is 43.6 Å². The second-order valence-corrected chi connectivity index (χ2v) is 8.81. The standard InChI is InChI=1S/C17H26BN3O3S/c1-12(22)21-7-6-13(10-21)11-25-15-19-8-14(9-20-15)18-23-16(2,3)17(4,5)24-18/h8-9,13H,6-7,10-11H2,1-5H3/t13-/m1/s1. The van der Waals surface area contributed by atoms with Crippen LogP contribution in [0.25, 0.3) is 0 Å². The minimum Gasteiger partial charge on any atom is -0.399 e. The highest BCUT2D eigenvalue weighted by molar-refractivity contribution is 7.99. The average Bonchev–Trinajstić information content (AvgIpc) is 3.09. The summed E-state index contributed by atoms with van der Waals surface area (Å²) in [4.78, 5) is 22.2. The molecule has 0 saturated carbocycles. The number of carbonyl (C=O) groups is 1. The van der Waals surface area contributed by atoms with E-state index in [1.54, 1.807) is 31.1 Å². The molecule has 2 fully saturated rings. The van der Waals surface area contributed by atoms with E-state index in [9.17, 15) is 4.79 Å². The van der Waals surface area contributed by atoms with Crippen LogP contribution in [0.2, 0.25) is 0 Å². The average molecular weight is 363 g/mol. The highest BCUT2D eigenvalue weighted by atomic mass is 32.2. The molecule has 25 heavy (non-hydrogen) atoms. The SMILES string of the molecule is CC(=O)N1CC[C@@H](CSc2ncc(B3OC(C)(C)C(C)(C)O3)cn2)C1. The highest BCUT2D eigenvalue weighted by Gasteiger charge is 2.51. The molecule has 0 aromatic carbocycles. The summed E-state index contributed by atoms with van der Waals surface area (Å²) >= 11 is 1.64. The predicted octanol–water partition coefficient (Wildman–Crippen LogP) is 1.74. The zero-order valence-corrected chi connectivity index (χ0v) is 16.4. The number of amides is 1. The van der Waals surface area contributed by atoms with Crippen molar-refractivity contribution in [2.45, 2.75) is 57.4 Å². The predicted molar refractivity (Wildman–Crippen MR) is 98.8 cm³/mol. The summed E-state index contributed by atoms with van der Waals surface area (Å²) in [5.74, 6) is 1.61. The first-order valence-corrected chi connectivity index (χ1v) is 9.72. The van der Waals surface area contributed by atoms with Crippen molar-refractivity contribution in [3.8, 4) is 0 Å². The molecule has 1 atom stereocenters. The third-order valence-electron chi connectivity index (χ3n) is 5.35. The third kappa shape index (κ3) is 4.01. The molecule has 0 spiro atoms. The van der Waals surface area contributed by atoms with Crippen LogP contribution in [0.1, 0.15) is 41.0 Å². The van der Waals surface area contributed by atoms with Crippen molar-refractivity contribution in [3.63, 3.8) is 0 Å². The van der Waals surface area contributed by atoms with Crippen LogP contribution in [0.4, 0.5) is 0 Å². The third-order valence-corrected chi connectivity index (χ3v) is 6.46. The Morgan fingerprint density at radius 3 is 2.40 bits per heavy atom. The minimum absolute atomic E-state index is 0.163. The normalized spacial score (nSPS) is 24.8. The molecule has 0 aliphatic carbocycles. The summed E-state index contributed by atoms with van der Waals surface area (Å²) in [6.45, 7) is 11.5. The molecule has 2 aliphatic heterocycles. The van der Waals surface area contributed by atoms with E-state index in [1.165, 1.54) is 0 Å². The first kappa shape index (κ1) is 18.7. The van der Waals surface area contributed by atoms with Gasteiger partial charge in [0.15, 0.2) is 5.16 Å². The van der Waals surface area contributed by atoms with Crippen molar-refractivity contribution in [1.29, 1.82) is 0 Å². The maximum atomic E-state index is 11.4. The first-order chi connectivity index (χ1) is 11.7. The summed E-state index contributed by atoms with van der Waals surface area (Å²) in [6.07, 6.45) is 4.63. The number of aromatic nitrogens is 2. The Hall–Kier alpha value is -1.12. The molecule has 6 nitrogen and oxygen atoms in total. The summed E-state index contributed by atoms with van der Waals surface area (Å²) in [7, 11) is -0.428. The topological polar surface area (TPSA) is 64.6 Å². The second kappa shape index (κ2) is 6.89. The molecule has 0 N–H and O–H groups in total. The molecule has 1 amide bonds. The summed E-state index contributed by atoms with van der Waals surface area (Å²) in [5.41, 5.74) is 0.110. The molecule has 1 aromatic heterocycles.